The van der Waals surface area contributed by atoms with E-state index in [9.17, 15) is 5.11 Å². The van der Waals surface area contributed by atoms with Crippen molar-refractivity contribution in [3.8, 4) is 6.07 Å². The van der Waals surface area contributed by atoms with E-state index in [1.54, 1.807) is 0 Å². The number of hydrogen-bond donors (Lipinski definition) is 1. The molecule has 0 heterocycles. The number of aliphatic hydroxyl groups is 1. The molecule has 2 aliphatic carbocycles. The monoisotopic (exact) mass is 193 g/mol. The van der Waals surface area contributed by atoms with Gasteiger partial charge >= 0.3 is 0 Å². The van der Waals surface area contributed by atoms with Crippen molar-refractivity contribution in [2.75, 3.05) is 0 Å². The molecule has 2 rings (SSSR count). The van der Waals surface area contributed by atoms with Gasteiger partial charge in [0.25, 0.3) is 0 Å². The lowest BCUT2D eigenvalue weighted by Crippen LogP contribution is -2.37. The van der Waals surface area contributed by atoms with Gasteiger partial charge in [0.05, 0.1) is 18.1 Å². The van der Waals surface area contributed by atoms with E-state index < -0.39 is 5.60 Å². The fourth-order valence-corrected chi connectivity index (χ4v) is 3.19. The molecule has 2 fully saturated rings. The third kappa shape index (κ3) is 1.79. The van der Waals surface area contributed by atoms with Gasteiger partial charge in [-0.05, 0) is 43.9 Å². The third-order valence-corrected chi connectivity index (χ3v) is 4.31. The fraction of sp³-hybridized carbons (Fsp3) is 0.917. The highest BCUT2D eigenvalue weighted by Gasteiger charge is 2.42. The summed E-state index contributed by atoms with van der Waals surface area (Å²) in [5.41, 5.74) is -0.0930. The highest BCUT2D eigenvalue weighted by molar-refractivity contribution is 4.98. The molecule has 2 aliphatic rings. The number of hydrogen-bond acceptors (Lipinski definition) is 2. The molecule has 0 aromatic heterocycles. The van der Waals surface area contributed by atoms with Crippen molar-refractivity contribution in [1.82, 2.24) is 0 Å². The maximum absolute atomic E-state index is 10.1. The lowest BCUT2D eigenvalue weighted by molar-refractivity contribution is -0.0289. The Morgan fingerprint density at radius 3 is 2.07 bits per heavy atom. The van der Waals surface area contributed by atoms with Crippen molar-refractivity contribution in [2.24, 2.45) is 5.41 Å². The first-order chi connectivity index (χ1) is 6.68. The Bertz CT molecular complexity index is 238. The van der Waals surface area contributed by atoms with Crippen molar-refractivity contribution < 1.29 is 5.11 Å². The summed E-state index contributed by atoms with van der Waals surface area (Å²) in [5.74, 6) is 0. The molecule has 0 radical (unpaired) electrons. The minimum atomic E-state index is -0.650. The molecule has 0 aliphatic heterocycles. The van der Waals surface area contributed by atoms with Crippen molar-refractivity contribution in [3.63, 3.8) is 0 Å². The van der Waals surface area contributed by atoms with E-state index in [0.717, 1.165) is 25.7 Å². The van der Waals surface area contributed by atoms with Crippen LogP contribution in [-0.4, -0.2) is 10.7 Å². The topological polar surface area (TPSA) is 44.0 Å². The van der Waals surface area contributed by atoms with Crippen molar-refractivity contribution >= 4 is 0 Å². The second-order valence-electron chi connectivity index (χ2n) is 5.27. The van der Waals surface area contributed by atoms with Crippen LogP contribution in [0.25, 0.3) is 0 Å². The van der Waals surface area contributed by atoms with E-state index >= 15 is 0 Å². The van der Waals surface area contributed by atoms with Crippen molar-refractivity contribution in [3.05, 3.63) is 0 Å². The zero-order valence-electron chi connectivity index (χ0n) is 8.76. The summed E-state index contributed by atoms with van der Waals surface area (Å²) in [4.78, 5) is 0. The average molecular weight is 193 g/mol. The summed E-state index contributed by atoms with van der Waals surface area (Å²) in [6, 6.07) is 2.11. The molecule has 2 saturated carbocycles. The maximum Gasteiger partial charge on any atom is 0.0777 e. The molecule has 2 heteroatoms. The molecular weight excluding hydrogens is 174 g/mol. The predicted octanol–water partition coefficient (Wildman–Crippen LogP) is 2.77. The van der Waals surface area contributed by atoms with Crippen LogP contribution in [0.15, 0.2) is 0 Å². The Labute approximate surface area is 85.9 Å². The molecule has 14 heavy (non-hydrogen) atoms. The van der Waals surface area contributed by atoms with Gasteiger partial charge in [0.15, 0.2) is 0 Å². The Morgan fingerprint density at radius 2 is 1.57 bits per heavy atom. The Balaban J connectivity index is 1.94. The van der Waals surface area contributed by atoms with Crippen LogP contribution in [-0.2, 0) is 0 Å². The molecule has 0 amide bonds. The highest BCUT2D eigenvalue weighted by Crippen LogP contribution is 2.51. The summed E-state index contributed by atoms with van der Waals surface area (Å²) < 4.78 is 0. The number of rotatable bonds is 1. The highest BCUT2D eigenvalue weighted by atomic mass is 16.3. The lowest BCUT2D eigenvalue weighted by atomic mass is 9.67. The van der Waals surface area contributed by atoms with Crippen LogP contribution in [0.2, 0.25) is 0 Å². The molecule has 0 saturated heterocycles. The second-order valence-corrected chi connectivity index (χ2v) is 5.27. The van der Waals surface area contributed by atoms with E-state index in [1.807, 2.05) is 0 Å². The summed E-state index contributed by atoms with van der Waals surface area (Å²) in [5, 5.41) is 18.7. The predicted molar refractivity (Wildman–Crippen MR) is 54.5 cm³/mol. The Hall–Kier alpha value is -0.550. The first-order valence-corrected chi connectivity index (χ1v) is 5.78. The summed E-state index contributed by atoms with van der Waals surface area (Å²) in [6.07, 6.45) is 9.76. The van der Waals surface area contributed by atoms with Gasteiger partial charge in [-0.25, -0.2) is 0 Å². The molecular formula is C12H19NO. The van der Waals surface area contributed by atoms with Crippen LogP contribution >= 0.6 is 0 Å². The SMILES string of the molecule is N#CCC1(O)CCC2(CCCC2)CC1. The normalized spacial score (nSPS) is 28.9. The summed E-state index contributed by atoms with van der Waals surface area (Å²) in [7, 11) is 0. The van der Waals surface area contributed by atoms with Crippen LogP contribution < -0.4 is 0 Å². The minimum absolute atomic E-state index is 0.322. The van der Waals surface area contributed by atoms with Gasteiger partial charge in [-0.1, -0.05) is 12.8 Å². The molecule has 1 spiro atoms. The molecule has 0 aromatic rings. The standard InChI is InChI=1S/C12H19NO/c13-10-9-12(14)7-5-11(6-8-12)3-1-2-4-11/h14H,1-9H2. The van der Waals surface area contributed by atoms with Crippen molar-refractivity contribution in [2.45, 2.75) is 63.4 Å². The zero-order valence-corrected chi connectivity index (χ0v) is 8.76. The smallest absolute Gasteiger partial charge is 0.0777 e. The van der Waals surface area contributed by atoms with Gasteiger partial charge in [-0.2, -0.15) is 5.26 Å². The van der Waals surface area contributed by atoms with Crippen LogP contribution in [0, 0.1) is 16.7 Å². The number of nitrogens with zero attached hydrogens (tertiary/aromatic N) is 1. The van der Waals surface area contributed by atoms with E-state index in [0.29, 0.717) is 11.8 Å². The van der Waals surface area contributed by atoms with E-state index in [1.165, 1.54) is 25.7 Å². The molecule has 0 bridgehead atoms. The Morgan fingerprint density at radius 1 is 1.00 bits per heavy atom. The largest absolute Gasteiger partial charge is 0.389 e. The van der Waals surface area contributed by atoms with Gasteiger partial charge < -0.3 is 5.11 Å². The fourth-order valence-electron chi connectivity index (χ4n) is 3.19. The first-order valence-electron chi connectivity index (χ1n) is 5.78. The molecule has 0 unspecified atom stereocenters. The first kappa shape index (κ1) is 9.98. The van der Waals surface area contributed by atoms with Crippen LogP contribution in [0.3, 0.4) is 0 Å². The van der Waals surface area contributed by atoms with Crippen LogP contribution in [0.5, 0.6) is 0 Å². The van der Waals surface area contributed by atoms with Gasteiger partial charge in [0.1, 0.15) is 0 Å². The van der Waals surface area contributed by atoms with Crippen LogP contribution in [0.1, 0.15) is 57.8 Å². The lowest BCUT2D eigenvalue weighted by Gasteiger charge is -2.41. The van der Waals surface area contributed by atoms with Crippen molar-refractivity contribution in [1.29, 1.82) is 5.26 Å². The molecule has 78 valence electrons. The third-order valence-electron chi connectivity index (χ3n) is 4.31. The Kier molecular flexibility index (Phi) is 2.53. The number of nitriles is 1. The van der Waals surface area contributed by atoms with Gasteiger partial charge in [0.2, 0.25) is 0 Å². The summed E-state index contributed by atoms with van der Waals surface area (Å²) in [6.45, 7) is 0. The average Bonchev–Trinajstić information content (AvgIpc) is 2.61. The molecule has 2 nitrogen and oxygen atoms in total. The molecule has 1 N–H and O–H groups in total. The van der Waals surface area contributed by atoms with E-state index in [2.05, 4.69) is 6.07 Å². The maximum atomic E-state index is 10.1. The van der Waals surface area contributed by atoms with E-state index in [4.69, 9.17) is 5.26 Å². The minimum Gasteiger partial charge on any atom is -0.389 e. The van der Waals surface area contributed by atoms with Gasteiger partial charge in [0, 0.05) is 0 Å². The second kappa shape index (κ2) is 3.55. The quantitative estimate of drug-likeness (QED) is 0.696. The van der Waals surface area contributed by atoms with Gasteiger partial charge in [-0.3, -0.25) is 0 Å². The molecule has 0 aromatic carbocycles. The van der Waals surface area contributed by atoms with E-state index in [-0.39, 0.29) is 0 Å². The van der Waals surface area contributed by atoms with Crippen LogP contribution in [0.4, 0.5) is 0 Å². The zero-order chi connectivity index (χ0) is 10.1. The summed E-state index contributed by atoms with van der Waals surface area (Å²) >= 11 is 0. The van der Waals surface area contributed by atoms with Gasteiger partial charge in [-0.15, -0.1) is 0 Å². The molecule has 0 atom stereocenters.